The molecule has 0 radical (unpaired) electrons. The molecule has 1 aromatic rings. The fraction of sp³-hybridized carbons (Fsp3) is 0. The first-order valence-electron chi connectivity index (χ1n) is 1.85. The standard InChI is InChI=1S/C4H4S.ClH.K/c1-2-4-5-3-1;;/h1-4H;1H;/q;;+1/p-1. The first-order valence-corrected chi connectivity index (χ1v) is 7.09. The van der Waals surface area contributed by atoms with E-state index in [0.29, 0.717) is 47.1 Å². The Morgan fingerprint density at radius 2 is 1.57 bits per heavy atom. The number of rotatable bonds is 0. The molecule has 0 aliphatic carbocycles. The van der Waals surface area contributed by atoms with Crippen molar-refractivity contribution in [2.24, 2.45) is 0 Å². The first kappa shape index (κ1) is 8.63. The Labute approximate surface area is 83.3 Å². The van der Waals surface area contributed by atoms with E-state index in [4.69, 9.17) is 3.76 Å². The van der Waals surface area contributed by atoms with Crippen LogP contribution in [0.2, 0.25) is 0 Å². The molecule has 7 heavy (non-hydrogen) atoms. The zero-order valence-corrected chi connectivity index (χ0v) is 8.79. The molecule has 0 aromatic carbocycles. The van der Waals surface area contributed by atoms with Crippen molar-refractivity contribution in [3.8, 4) is 0 Å². The molecule has 0 N–H and O–H groups in total. The van der Waals surface area contributed by atoms with Gasteiger partial charge in [-0.2, -0.15) is 11.3 Å². The zero-order valence-electron chi connectivity index (χ0n) is 4.10. The van der Waals surface area contributed by atoms with Crippen LogP contribution in [0.25, 0.3) is 0 Å². The van der Waals surface area contributed by atoms with Crippen LogP contribution in [0.15, 0.2) is 22.9 Å². The van der Waals surface area contributed by atoms with Crippen molar-refractivity contribution in [3.63, 3.8) is 0 Å². The Kier molecular flexibility index (Phi) is 9.40. The molecule has 0 nitrogen and oxygen atoms in total. The molecule has 0 saturated heterocycles. The molecular formula is C4H4ClKS. The van der Waals surface area contributed by atoms with E-state index < -0.39 is 0 Å². The topological polar surface area (TPSA) is 0 Å². The van der Waals surface area contributed by atoms with Gasteiger partial charge in [0, 0.05) is 0 Å². The molecular weight excluding hydrogens is 155 g/mol. The second kappa shape index (κ2) is 7.63. The van der Waals surface area contributed by atoms with Crippen LogP contribution in [0.4, 0.5) is 0 Å². The minimum absolute atomic E-state index is 0.535. The Balaban J connectivity index is 0.000000162. The van der Waals surface area contributed by atoms with Gasteiger partial charge in [-0.15, -0.1) is 0 Å². The average molecular weight is 159 g/mol. The molecule has 0 atom stereocenters. The molecule has 3 heteroatoms. The van der Waals surface area contributed by atoms with Gasteiger partial charge in [0.1, 0.15) is 0 Å². The van der Waals surface area contributed by atoms with Gasteiger partial charge in [0.25, 0.3) is 0 Å². The predicted molar refractivity (Wildman–Crippen MR) is 35.9 cm³/mol. The van der Waals surface area contributed by atoms with Gasteiger partial charge in [0.2, 0.25) is 0 Å². The largest absolute Gasteiger partial charge is 0.152 e. The van der Waals surface area contributed by atoms with Crippen molar-refractivity contribution in [2.45, 2.75) is 0 Å². The molecule has 0 unspecified atom stereocenters. The van der Waals surface area contributed by atoms with E-state index in [1.165, 1.54) is 0 Å². The van der Waals surface area contributed by atoms with Gasteiger partial charge in [-0.1, -0.05) is 12.1 Å². The van der Waals surface area contributed by atoms with Crippen molar-refractivity contribution in [3.05, 3.63) is 22.9 Å². The van der Waals surface area contributed by atoms with E-state index in [9.17, 15) is 0 Å². The second-order valence-corrected chi connectivity index (χ2v) is 1.61. The molecule has 0 saturated carbocycles. The normalized spacial score (nSPS) is 6.71. The Hall–Kier alpha value is 1.63. The van der Waals surface area contributed by atoms with Crippen molar-refractivity contribution in [2.75, 3.05) is 0 Å². The first-order chi connectivity index (χ1) is 3.50. The predicted octanol–water partition coefficient (Wildman–Crippen LogP) is 2.06. The average Bonchev–Trinajstić information content (AvgIpc) is 2.23. The van der Waals surface area contributed by atoms with Crippen LogP contribution in [0, 0.1) is 0 Å². The maximum absolute atomic E-state index is 4.83. The minimum Gasteiger partial charge on any atom is -0.152 e. The summed E-state index contributed by atoms with van der Waals surface area (Å²) in [6, 6.07) is 4.04. The summed E-state index contributed by atoms with van der Waals surface area (Å²) in [4.78, 5) is 0. The molecule has 0 aliphatic rings. The molecule has 0 spiro atoms. The Morgan fingerprint density at radius 1 is 1.14 bits per heavy atom. The molecule has 1 heterocycles. The quantitative estimate of drug-likeness (QED) is 0.507. The van der Waals surface area contributed by atoms with Crippen LogP contribution in [0.3, 0.4) is 0 Å². The number of hydrogen-bond acceptors (Lipinski definition) is 1. The number of thiophene rings is 1. The fourth-order valence-corrected chi connectivity index (χ4v) is 0.680. The van der Waals surface area contributed by atoms with E-state index in [2.05, 4.69) is 0 Å². The minimum atomic E-state index is 0.535. The van der Waals surface area contributed by atoms with Crippen molar-refractivity contribution < 1.29 is 0 Å². The number of halogens is 1. The van der Waals surface area contributed by atoms with E-state index in [-0.39, 0.29) is 0 Å². The van der Waals surface area contributed by atoms with Crippen LogP contribution in [-0.2, 0) is 0 Å². The van der Waals surface area contributed by atoms with E-state index in [0.717, 1.165) is 0 Å². The molecule has 34 valence electrons. The second-order valence-electron chi connectivity index (χ2n) is 0.793. The molecule has 0 aliphatic heterocycles. The third-order valence-corrected chi connectivity index (χ3v) is 1.05. The van der Waals surface area contributed by atoms with Gasteiger partial charge >= 0.3 is 50.9 Å². The van der Waals surface area contributed by atoms with Crippen LogP contribution in [0.1, 0.15) is 0 Å². The van der Waals surface area contributed by atoms with Gasteiger partial charge in [-0.05, 0) is 10.8 Å². The smallest absolute Gasteiger partial charge is 0.00934 e. The third-order valence-electron chi connectivity index (χ3n) is 0.425. The van der Waals surface area contributed by atoms with Gasteiger partial charge < -0.3 is 0 Å². The molecule has 0 amide bonds. The van der Waals surface area contributed by atoms with E-state index in [1.807, 2.05) is 22.9 Å². The van der Waals surface area contributed by atoms with Crippen LogP contribution < -0.4 is 0 Å². The maximum atomic E-state index is 4.83. The molecule has 1 rings (SSSR count). The number of hydrogen-bond donors (Lipinski definition) is 0. The summed E-state index contributed by atoms with van der Waals surface area (Å²) in [6.45, 7) is 0. The van der Waals surface area contributed by atoms with E-state index >= 15 is 0 Å². The molecule has 1 aromatic heterocycles. The summed E-state index contributed by atoms with van der Waals surface area (Å²) in [5.41, 5.74) is 0. The van der Waals surface area contributed by atoms with Gasteiger partial charge in [-0.3, -0.25) is 0 Å². The SMILES string of the molecule is [Cl][K].c1ccsc1. The van der Waals surface area contributed by atoms with Crippen LogP contribution in [-0.4, -0.2) is 47.1 Å². The summed E-state index contributed by atoms with van der Waals surface area (Å²) in [6.07, 6.45) is 0. The summed E-state index contributed by atoms with van der Waals surface area (Å²) < 4.78 is 4.83. The molecule has 0 bridgehead atoms. The summed E-state index contributed by atoms with van der Waals surface area (Å²) in [5, 5.41) is 4.08. The molecule has 0 fully saturated rings. The maximum Gasteiger partial charge on any atom is -0.00934 e. The zero-order chi connectivity index (χ0) is 5.54. The fourth-order valence-electron chi connectivity index (χ4n) is 0.227. The Bertz CT molecular complexity index is 68.2. The van der Waals surface area contributed by atoms with Crippen molar-refractivity contribution in [1.82, 2.24) is 0 Å². The summed E-state index contributed by atoms with van der Waals surface area (Å²) >= 11 is 2.25. The van der Waals surface area contributed by atoms with Crippen molar-refractivity contribution in [1.29, 1.82) is 0 Å². The van der Waals surface area contributed by atoms with Gasteiger partial charge in [0.15, 0.2) is 0 Å². The summed E-state index contributed by atoms with van der Waals surface area (Å²) in [7, 11) is 0. The van der Waals surface area contributed by atoms with Crippen molar-refractivity contribution >= 4 is 62.2 Å². The third kappa shape index (κ3) is 5.50. The van der Waals surface area contributed by atoms with E-state index in [1.54, 1.807) is 11.3 Å². The summed E-state index contributed by atoms with van der Waals surface area (Å²) in [5.74, 6) is 0. The monoisotopic (exact) mass is 158 g/mol. The van der Waals surface area contributed by atoms with Gasteiger partial charge in [0.05, 0.1) is 0 Å². The Morgan fingerprint density at radius 3 is 1.71 bits per heavy atom. The van der Waals surface area contributed by atoms with Crippen LogP contribution >= 0.6 is 15.1 Å². The van der Waals surface area contributed by atoms with Gasteiger partial charge in [-0.25, -0.2) is 0 Å². The van der Waals surface area contributed by atoms with Crippen LogP contribution in [0.5, 0.6) is 0 Å².